The van der Waals surface area contributed by atoms with Gasteiger partial charge in [-0.3, -0.25) is 33.9 Å². The molecular formula is C54H59N9O11S2. The minimum Gasteiger partial charge on any atom is -0.493 e. The molecule has 0 aliphatic carbocycles. The minimum atomic E-state index is -1.09. The van der Waals surface area contributed by atoms with E-state index in [1.807, 2.05) is 73.3 Å². The van der Waals surface area contributed by atoms with Gasteiger partial charge in [-0.15, -0.1) is 0 Å². The van der Waals surface area contributed by atoms with E-state index in [1.165, 1.54) is 25.0 Å². The molecule has 6 amide bonds. The zero-order chi connectivity index (χ0) is 53.7. The number of nitrogens with two attached hydrogens (primary N) is 1. The number of aliphatic hydroxyl groups is 1. The summed E-state index contributed by atoms with van der Waals surface area (Å²) >= 11 is 0. The summed E-state index contributed by atoms with van der Waals surface area (Å²) in [5.41, 5.74) is 6.85. The van der Waals surface area contributed by atoms with Crippen molar-refractivity contribution in [2.24, 2.45) is 5.14 Å². The van der Waals surface area contributed by atoms with Gasteiger partial charge in [0.15, 0.2) is 23.0 Å². The lowest BCUT2D eigenvalue weighted by molar-refractivity contribution is -0.128. The predicted molar refractivity (Wildman–Crippen MR) is 291 cm³/mol. The highest BCUT2D eigenvalue weighted by Crippen LogP contribution is 2.43. The summed E-state index contributed by atoms with van der Waals surface area (Å²) in [5.74, 6) is -1.35. The summed E-state index contributed by atoms with van der Waals surface area (Å²) < 4.78 is 24.1. The molecule has 4 aliphatic heterocycles. The Hall–Kier alpha value is -7.66. The number of ether oxygens (including phenoxy) is 4. The Morgan fingerprint density at radius 3 is 1.86 bits per heavy atom. The number of anilines is 5. The van der Waals surface area contributed by atoms with Gasteiger partial charge in [0.05, 0.1) is 68.4 Å². The van der Waals surface area contributed by atoms with E-state index in [0.29, 0.717) is 64.6 Å². The Labute approximate surface area is 447 Å². The van der Waals surface area contributed by atoms with Crippen LogP contribution in [0.5, 0.6) is 23.0 Å². The fourth-order valence-corrected chi connectivity index (χ4v) is 11.2. The molecule has 398 valence electrons. The number of aliphatic hydroxyl groups excluding tert-OH is 1. The molecule has 0 saturated carbocycles. The fraction of sp³-hybridized carbons (Fsp3) is 0.333. The second-order valence-electron chi connectivity index (χ2n) is 19.2. The normalized spacial score (nSPS) is 16.9. The van der Waals surface area contributed by atoms with Gasteiger partial charge < -0.3 is 65.8 Å². The largest absolute Gasteiger partial charge is 0.493 e. The van der Waals surface area contributed by atoms with Crippen molar-refractivity contribution in [2.75, 3.05) is 66.1 Å². The molecule has 4 aliphatic rings. The predicted octanol–water partition coefficient (Wildman–Crippen LogP) is 5.28. The van der Waals surface area contributed by atoms with E-state index < -0.39 is 43.1 Å². The molecule has 5 aromatic rings. The quantitative estimate of drug-likeness (QED) is 0.0364. The van der Waals surface area contributed by atoms with Gasteiger partial charge >= 0.3 is 0 Å². The first kappa shape index (κ1) is 53.2. The summed E-state index contributed by atoms with van der Waals surface area (Å²) in [5, 5.41) is 33.8. The van der Waals surface area contributed by atoms with Crippen LogP contribution in [0.15, 0.2) is 91.0 Å². The summed E-state index contributed by atoms with van der Waals surface area (Å²) in [4.78, 5) is 82.5. The van der Waals surface area contributed by atoms with Crippen LogP contribution in [0.1, 0.15) is 69.7 Å². The van der Waals surface area contributed by atoms with Gasteiger partial charge in [0.1, 0.15) is 19.4 Å². The third kappa shape index (κ3) is 11.9. The Kier molecular flexibility index (Phi) is 16.1. The number of hydrogen-bond donors (Lipinski definition) is 8. The molecule has 9 rings (SSSR count). The molecule has 0 radical (unpaired) electrons. The van der Waals surface area contributed by atoms with Gasteiger partial charge in [0, 0.05) is 46.9 Å². The molecule has 4 heterocycles. The summed E-state index contributed by atoms with van der Waals surface area (Å²) in [6, 6.07) is 26.6. The monoisotopic (exact) mass is 1070 g/mol. The lowest BCUT2D eigenvalue weighted by Crippen LogP contribution is -2.45. The maximum absolute atomic E-state index is 14.1. The standard InChI is InChI=1S/C54H59N9O11S2/c1-54(2,75-76-55)14-13-47(64)57-25-48(65)58-26-49(66)59-27-50(67)60-34-16-30(28-73-45-22-38-36(20-43(45)71-3)52(69)62-35(24-56-38)18-32-9-5-7-11-40(32)62)15-31(17-34)29-74-46-23-39-37(21-44(46)72-4)53(70)63-41-12-8-6-10-33(41)19-42(63)51(68)61-39/h5-12,15-17,20-23,35,42,51,56,61,68H,13-14,18-19,24-29,55H2,1-4H3,(H,57,64)(H,58,65)(H,59,66)(H,60,67)/t35-,42-,51?/m0/s1. The lowest BCUT2D eigenvalue weighted by Gasteiger charge is -2.26. The maximum atomic E-state index is 14.1. The molecule has 0 saturated heterocycles. The maximum Gasteiger partial charge on any atom is 0.260 e. The number of nitrogens with one attached hydrogen (secondary N) is 6. The van der Waals surface area contributed by atoms with Crippen LogP contribution in [0.3, 0.4) is 0 Å². The van der Waals surface area contributed by atoms with Crippen molar-refractivity contribution < 1.29 is 52.8 Å². The van der Waals surface area contributed by atoms with Crippen molar-refractivity contribution in [3.63, 3.8) is 0 Å². The van der Waals surface area contributed by atoms with E-state index >= 15 is 0 Å². The minimum absolute atomic E-state index is 0.0315. The Bertz CT molecular complexity index is 3090. The number of rotatable bonds is 20. The van der Waals surface area contributed by atoms with Crippen LogP contribution in [-0.2, 0) is 45.2 Å². The fourth-order valence-electron chi connectivity index (χ4n) is 9.72. The second-order valence-corrected chi connectivity index (χ2v) is 21.8. The Balaban J connectivity index is 0.893. The number of carbonyl (C=O) groups is 6. The highest BCUT2D eigenvalue weighted by Gasteiger charge is 2.42. The molecular weight excluding hydrogens is 1010 g/mol. The van der Waals surface area contributed by atoms with Crippen LogP contribution in [0.2, 0.25) is 0 Å². The number of carbonyl (C=O) groups excluding carboxylic acids is 6. The van der Waals surface area contributed by atoms with E-state index in [1.54, 1.807) is 41.3 Å². The van der Waals surface area contributed by atoms with Crippen LogP contribution in [0.4, 0.5) is 28.4 Å². The Morgan fingerprint density at radius 2 is 1.24 bits per heavy atom. The average Bonchev–Trinajstić information content (AvgIpc) is 4.02. The molecule has 0 aromatic heterocycles. The van der Waals surface area contributed by atoms with Gasteiger partial charge in [-0.05, 0) is 109 Å². The highest BCUT2D eigenvalue weighted by atomic mass is 33.1. The van der Waals surface area contributed by atoms with Gasteiger partial charge in [0.25, 0.3) is 11.8 Å². The smallest absolute Gasteiger partial charge is 0.260 e. The molecule has 0 fully saturated rings. The molecule has 20 nitrogen and oxygen atoms in total. The van der Waals surface area contributed by atoms with Crippen molar-refractivity contribution in [1.29, 1.82) is 0 Å². The zero-order valence-electron chi connectivity index (χ0n) is 42.3. The van der Waals surface area contributed by atoms with Crippen LogP contribution < -0.4 is 65.8 Å². The second kappa shape index (κ2) is 23.1. The Morgan fingerprint density at radius 1 is 0.697 bits per heavy atom. The van der Waals surface area contributed by atoms with Gasteiger partial charge in [0.2, 0.25) is 23.6 Å². The molecule has 5 aromatic carbocycles. The van der Waals surface area contributed by atoms with Gasteiger partial charge in [-0.2, -0.15) is 0 Å². The third-order valence-electron chi connectivity index (χ3n) is 13.5. The number of nitrogens with zero attached hydrogens (tertiary/aromatic N) is 2. The summed E-state index contributed by atoms with van der Waals surface area (Å²) in [7, 11) is 5.53. The lowest BCUT2D eigenvalue weighted by atomic mass is 10.1. The van der Waals surface area contributed by atoms with E-state index in [2.05, 4.69) is 31.9 Å². The topological polar surface area (TPSA) is 264 Å². The van der Waals surface area contributed by atoms with Gasteiger partial charge in [-0.25, -0.2) is 0 Å². The van der Waals surface area contributed by atoms with Crippen LogP contribution in [0, 0.1) is 0 Å². The van der Waals surface area contributed by atoms with Crippen LogP contribution >= 0.6 is 21.8 Å². The molecule has 0 bridgehead atoms. The van der Waals surface area contributed by atoms with Crippen molar-refractivity contribution in [2.45, 2.75) is 75.8 Å². The molecule has 1 unspecified atom stereocenters. The van der Waals surface area contributed by atoms with Crippen molar-refractivity contribution in [3.8, 4) is 23.0 Å². The van der Waals surface area contributed by atoms with Crippen molar-refractivity contribution in [3.05, 3.63) is 124 Å². The molecule has 9 N–H and O–H groups in total. The number of benzene rings is 5. The van der Waals surface area contributed by atoms with E-state index in [0.717, 1.165) is 39.9 Å². The molecule has 76 heavy (non-hydrogen) atoms. The number of fused-ring (bicyclic) bond motifs is 8. The van der Waals surface area contributed by atoms with E-state index in [-0.39, 0.29) is 71.8 Å². The molecule has 3 atom stereocenters. The van der Waals surface area contributed by atoms with Crippen LogP contribution in [-0.4, -0.2) is 104 Å². The van der Waals surface area contributed by atoms with E-state index in [4.69, 9.17) is 24.1 Å². The molecule has 0 spiro atoms. The average molecular weight is 1070 g/mol. The molecule has 22 heteroatoms. The SMILES string of the molecule is COc1cc2c(cc1OCc1cc(COc3cc4c(cc3OC)C(=O)N3c5ccccc5C[C@H]3C(O)N4)cc(NC(=O)CNC(=O)CNC(=O)CNC(=O)CCC(C)(C)SSN)c1)NC[C@@H]1Cc3ccccc3N1C2=O. The third-order valence-corrected chi connectivity index (χ3v) is 15.9. The highest BCUT2D eigenvalue weighted by molar-refractivity contribution is 8.76. The summed E-state index contributed by atoms with van der Waals surface area (Å²) in [6.07, 6.45) is 0.833. The number of methoxy groups -OCH3 is 2. The van der Waals surface area contributed by atoms with Crippen molar-refractivity contribution in [1.82, 2.24) is 16.0 Å². The zero-order valence-corrected chi connectivity index (χ0v) is 43.9. The van der Waals surface area contributed by atoms with E-state index in [9.17, 15) is 33.9 Å². The number of hydrogen-bond acceptors (Lipinski definition) is 16. The first-order chi connectivity index (χ1) is 36.6. The first-order valence-corrected chi connectivity index (χ1v) is 26.8. The van der Waals surface area contributed by atoms with Crippen LogP contribution in [0.25, 0.3) is 0 Å². The first-order valence-electron chi connectivity index (χ1n) is 24.6. The summed E-state index contributed by atoms with van der Waals surface area (Å²) in [6.45, 7) is 3.15. The van der Waals surface area contributed by atoms with Crippen molar-refractivity contribution >= 4 is 85.7 Å². The number of para-hydroxylation sites is 2. The number of amides is 6. The van der Waals surface area contributed by atoms with Gasteiger partial charge in [-0.1, -0.05) is 47.2 Å².